The first-order valence-electron chi connectivity index (χ1n) is 10.8. The van der Waals surface area contributed by atoms with Crippen LogP contribution in [-0.4, -0.2) is 28.5 Å². The molecule has 2 amide bonds. The van der Waals surface area contributed by atoms with Crippen molar-refractivity contribution in [2.45, 2.75) is 26.8 Å². The lowest BCUT2D eigenvalue weighted by molar-refractivity contribution is -0.122. The summed E-state index contributed by atoms with van der Waals surface area (Å²) in [7, 11) is 1.62. The molecule has 1 aliphatic heterocycles. The van der Waals surface area contributed by atoms with E-state index in [1.54, 1.807) is 13.3 Å². The van der Waals surface area contributed by atoms with Crippen LogP contribution in [0, 0.1) is 5.92 Å². The van der Waals surface area contributed by atoms with Crippen LogP contribution < -0.4 is 10.1 Å². The molecule has 4 aromatic rings. The minimum atomic E-state index is -0.374. The first-order chi connectivity index (χ1) is 15.5. The third kappa shape index (κ3) is 3.19. The van der Waals surface area contributed by atoms with Gasteiger partial charge in [-0.05, 0) is 36.6 Å². The van der Waals surface area contributed by atoms with Crippen molar-refractivity contribution in [2.75, 3.05) is 7.11 Å². The molecule has 0 unspecified atom stereocenters. The predicted octanol–water partition coefficient (Wildman–Crippen LogP) is 4.74. The van der Waals surface area contributed by atoms with Crippen molar-refractivity contribution in [2.24, 2.45) is 5.92 Å². The fourth-order valence-corrected chi connectivity index (χ4v) is 4.43. The molecule has 0 saturated heterocycles. The van der Waals surface area contributed by atoms with E-state index in [0.29, 0.717) is 22.8 Å². The first kappa shape index (κ1) is 20.1. The summed E-state index contributed by atoms with van der Waals surface area (Å²) in [5, 5.41) is 4.32. The van der Waals surface area contributed by atoms with Crippen molar-refractivity contribution in [3.63, 3.8) is 0 Å². The van der Waals surface area contributed by atoms with E-state index in [-0.39, 0.29) is 11.8 Å². The highest BCUT2D eigenvalue weighted by Crippen LogP contribution is 2.39. The van der Waals surface area contributed by atoms with Gasteiger partial charge in [-0.3, -0.25) is 14.9 Å². The van der Waals surface area contributed by atoms with Gasteiger partial charge >= 0.3 is 0 Å². The van der Waals surface area contributed by atoms with Crippen molar-refractivity contribution in [3.8, 4) is 5.75 Å². The van der Waals surface area contributed by atoms with Gasteiger partial charge in [-0.25, -0.2) is 0 Å². The second-order valence-electron chi connectivity index (χ2n) is 8.58. The molecule has 6 nitrogen and oxygen atoms in total. The van der Waals surface area contributed by atoms with Gasteiger partial charge in [0, 0.05) is 51.9 Å². The summed E-state index contributed by atoms with van der Waals surface area (Å²) < 4.78 is 7.62. The maximum atomic E-state index is 13.1. The third-order valence-electron chi connectivity index (χ3n) is 6.09. The highest BCUT2D eigenvalue weighted by atomic mass is 16.5. The van der Waals surface area contributed by atoms with Crippen molar-refractivity contribution in [3.05, 3.63) is 66.0 Å². The van der Waals surface area contributed by atoms with Crippen LogP contribution in [0.1, 0.15) is 31.4 Å². The Hall–Kier alpha value is -3.80. The maximum Gasteiger partial charge on any atom is 0.259 e. The predicted molar refractivity (Wildman–Crippen MR) is 126 cm³/mol. The molecule has 0 aliphatic carbocycles. The van der Waals surface area contributed by atoms with Crippen molar-refractivity contribution < 1.29 is 14.3 Å². The number of hydrogen-bond acceptors (Lipinski definition) is 3. The number of aromatic amines is 1. The fraction of sp³-hybridized carbons (Fsp3) is 0.231. The number of rotatable bonds is 6. The molecule has 0 radical (unpaired) electrons. The molecule has 0 bridgehead atoms. The van der Waals surface area contributed by atoms with Crippen LogP contribution in [-0.2, 0) is 16.1 Å². The van der Waals surface area contributed by atoms with Gasteiger partial charge in [0.15, 0.2) is 0 Å². The number of aryl methyl sites for hydroxylation is 1. The summed E-state index contributed by atoms with van der Waals surface area (Å²) in [5.41, 5.74) is 4.21. The van der Waals surface area contributed by atoms with E-state index in [9.17, 15) is 9.59 Å². The Kier molecular flexibility index (Phi) is 4.85. The molecule has 32 heavy (non-hydrogen) atoms. The van der Waals surface area contributed by atoms with Gasteiger partial charge in [0.25, 0.3) is 11.8 Å². The van der Waals surface area contributed by atoms with Crippen molar-refractivity contribution >= 4 is 44.8 Å². The third-order valence-corrected chi connectivity index (χ3v) is 6.09. The van der Waals surface area contributed by atoms with Gasteiger partial charge in [0.05, 0.1) is 18.3 Å². The number of methoxy groups -OCH3 is 1. The maximum absolute atomic E-state index is 13.1. The van der Waals surface area contributed by atoms with Crippen LogP contribution in [0.15, 0.2) is 54.9 Å². The van der Waals surface area contributed by atoms with Gasteiger partial charge in [0.1, 0.15) is 5.75 Å². The Balaban J connectivity index is 1.78. The zero-order chi connectivity index (χ0) is 22.4. The molecule has 0 spiro atoms. The van der Waals surface area contributed by atoms with Crippen LogP contribution in [0.3, 0.4) is 0 Å². The molecule has 3 heterocycles. The van der Waals surface area contributed by atoms with E-state index in [2.05, 4.69) is 28.7 Å². The SMILES string of the molecule is COc1ccc2c(c1)c(C1=C(c3c[nH]c4ccccc34)C(=O)NC1=O)cn2CCC(C)C. The summed E-state index contributed by atoms with van der Waals surface area (Å²) in [6.07, 6.45) is 4.81. The summed E-state index contributed by atoms with van der Waals surface area (Å²) in [6.45, 7) is 5.21. The Morgan fingerprint density at radius 2 is 1.72 bits per heavy atom. The standard InChI is InChI=1S/C26H25N3O3/c1-15(2)10-11-29-14-20(18-12-16(32-3)8-9-22(18)29)24-23(25(30)28-26(24)31)19-13-27-21-7-5-4-6-17(19)21/h4-9,12-15,27H,10-11H2,1-3H3,(H,28,30,31). The van der Waals surface area contributed by atoms with Gasteiger partial charge in [-0.15, -0.1) is 0 Å². The number of nitrogens with zero attached hydrogens (tertiary/aromatic N) is 1. The quantitative estimate of drug-likeness (QED) is 0.436. The van der Waals surface area contributed by atoms with E-state index in [1.807, 2.05) is 48.7 Å². The van der Waals surface area contributed by atoms with Gasteiger partial charge in [-0.2, -0.15) is 0 Å². The summed E-state index contributed by atoms with van der Waals surface area (Å²) in [4.78, 5) is 29.2. The molecule has 1 aliphatic rings. The van der Waals surface area contributed by atoms with Crippen LogP contribution in [0.2, 0.25) is 0 Å². The largest absolute Gasteiger partial charge is 0.497 e. The van der Waals surface area contributed by atoms with E-state index >= 15 is 0 Å². The molecule has 5 rings (SSSR count). The number of para-hydroxylation sites is 1. The van der Waals surface area contributed by atoms with Crippen LogP contribution in [0.4, 0.5) is 0 Å². The normalized spacial score (nSPS) is 14.2. The number of ether oxygens (including phenoxy) is 1. The second-order valence-corrected chi connectivity index (χ2v) is 8.58. The number of fused-ring (bicyclic) bond motifs is 2. The zero-order valence-corrected chi connectivity index (χ0v) is 18.4. The molecule has 0 saturated carbocycles. The van der Waals surface area contributed by atoms with Crippen molar-refractivity contribution in [1.29, 1.82) is 0 Å². The summed E-state index contributed by atoms with van der Waals surface area (Å²) >= 11 is 0. The van der Waals surface area contributed by atoms with Crippen LogP contribution in [0.25, 0.3) is 33.0 Å². The molecule has 162 valence electrons. The molecule has 2 aromatic heterocycles. The topological polar surface area (TPSA) is 76.1 Å². The number of amides is 2. The number of benzene rings is 2. The Morgan fingerprint density at radius 1 is 0.969 bits per heavy atom. The number of imide groups is 1. The lowest BCUT2D eigenvalue weighted by Crippen LogP contribution is -2.22. The van der Waals surface area contributed by atoms with E-state index in [1.165, 1.54) is 0 Å². The number of H-pyrrole nitrogens is 1. The molecular weight excluding hydrogens is 402 g/mol. The second kappa shape index (κ2) is 7.71. The Labute approximate surface area is 185 Å². The van der Waals surface area contributed by atoms with Gasteiger partial charge in [-0.1, -0.05) is 32.0 Å². The van der Waals surface area contributed by atoms with E-state index < -0.39 is 0 Å². The highest BCUT2D eigenvalue weighted by Gasteiger charge is 2.35. The fourth-order valence-electron chi connectivity index (χ4n) is 4.43. The lowest BCUT2D eigenvalue weighted by Gasteiger charge is -2.08. The highest BCUT2D eigenvalue weighted by molar-refractivity contribution is 6.50. The molecule has 2 N–H and O–H groups in total. The number of aromatic nitrogens is 2. The van der Waals surface area contributed by atoms with Gasteiger partial charge in [0.2, 0.25) is 0 Å². The van der Waals surface area contributed by atoms with Crippen LogP contribution in [0.5, 0.6) is 5.75 Å². The average molecular weight is 428 g/mol. The number of hydrogen-bond donors (Lipinski definition) is 2. The first-order valence-corrected chi connectivity index (χ1v) is 10.8. The number of carbonyl (C=O) groups excluding carboxylic acids is 2. The molecule has 6 heteroatoms. The molecule has 2 aromatic carbocycles. The molecule has 0 atom stereocenters. The van der Waals surface area contributed by atoms with Crippen molar-refractivity contribution in [1.82, 2.24) is 14.9 Å². The Morgan fingerprint density at radius 3 is 2.47 bits per heavy atom. The van der Waals surface area contributed by atoms with Crippen LogP contribution >= 0.6 is 0 Å². The molecule has 0 fully saturated rings. The monoisotopic (exact) mass is 427 g/mol. The summed E-state index contributed by atoms with van der Waals surface area (Å²) in [6, 6.07) is 13.6. The molecular formula is C26H25N3O3. The lowest BCUT2D eigenvalue weighted by atomic mass is 9.95. The average Bonchev–Trinajstić information content (AvgIpc) is 3.44. The van der Waals surface area contributed by atoms with E-state index in [4.69, 9.17) is 4.74 Å². The number of nitrogens with one attached hydrogen (secondary N) is 2. The Bertz CT molecular complexity index is 1400. The van der Waals surface area contributed by atoms with Gasteiger partial charge < -0.3 is 14.3 Å². The zero-order valence-electron chi connectivity index (χ0n) is 18.4. The van der Waals surface area contributed by atoms with E-state index in [0.717, 1.165) is 45.9 Å². The summed E-state index contributed by atoms with van der Waals surface area (Å²) in [5.74, 6) is 0.507. The number of carbonyl (C=O) groups is 2. The minimum Gasteiger partial charge on any atom is -0.497 e. The minimum absolute atomic E-state index is 0.374. The smallest absolute Gasteiger partial charge is 0.259 e.